The highest BCUT2D eigenvalue weighted by molar-refractivity contribution is 5.70. The summed E-state index contributed by atoms with van der Waals surface area (Å²) in [5.41, 5.74) is 5.26. The van der Waals surface area contributed by atoms with Gasteiger partial charge in [0.1, 0.15) is 0 Å². The van der Waals surface area contributed by atoms with E-state index in [9.17, 15) is 0 Å². The summed E-state index contributed by atoms with van der Waals surface area (Å²) >= 11 is 0. The van der Waals surface area contributed by atoms with Crippen molar-refractivity contribution in [1.82, 2.24) is 29.5 Å². The molecule has 0 bridgehead atoms. The SMILES string of the molecule is CC1CCC[C@H](n2cc(-c3cnc(-c4cccc(-c5cnn(C)c5)c4)nc3)cn2)C1. The highest BCUT2D eigenvalue weighted by Gasteiger charge is 2.21. The van der Waals surface area contributed by atoms with Crippen LogP contribution in [0.3, 0.4) is 0 Å². The lowest BCUT2D eigenvalue weighted by atomic mass is 9.87. The first-order chi connectivity index (χ1) is 14.7. The van der Waals surface area contributed by atoms with Crippen LogP contribution in [0.2, 0.25) is 0 Å². The summed E-state index contributed by atoms with van der Waals surface area (Å²) in [6.45, 7) is 2.34. The summed E-state index contributed by atoms with van der Waals surface area (Å²) in [6.07, 6.45) is 16.8. The minimum absolute atomic E-state index is 0.512. The van der Waals surface area contributed by atoms with Gasteiger partial charge in [-0.25, -0.2) is 9.97 Å². The molecule has 0 aliphatic heterocycles. The Labute approximate surface area is 176 Å². The van der Waals surface area contributed by atoms with Gasteiger partial charge in [0.05, 0.1) is 18.4 Å². The second-order valence-electron chi connectivity index (χ2n) is 8.41. The smallest absolute Gasteiger partial charge is 0.159 e. The number of rotatable bonds is 4. The molecule has 30 heavy (non-hydrogen) atoms. The standard InChI is InChI=1S/C24H26N6/c1-17-5-3-8-23(9-17)30-16-22(14-28-30)20-11-25-24(26-12-20)19-7-4-6-18(10-19)21-13-27-29(2)15-21/h4,6-7,10-17,23H,3,5,8-9H2,1-2H3/t17?,23-/m0/s1. The number of nitrogens with zero attached hydrogens (tertiary/aromatic N) is 6. The third-order valence-electron chi connectivity index (χ3n) is 6.03. The monoisotopic (exact) mass is 398 g/mol. The van der Waals surface area contributed by atoms with E-state index in [0.29, 0.717) is 6.04 Å². The average Bonchev–Trinajstić information content (AvgIpc) is 3.44. The van der Waals surface area contributed by atoms with Crippen molar-refractivity contribution in [2.45, 2.75) is 38.6 Å². The van der Waals surface area contributed by atoms with Gasteiger partial charge >= 0.3 is 0 Å². The van der Waals surface area contributed by atoms with Gasteiger partial charge in [-0.1, -0.05) is 38.0 Å². The molecule has 4 aromatic rings. The quantitative estimate of drug-likeness (QED) is 0.476. The minimum atomic E-state index is 0.512. The molecule has 3 aromatic heterocycles. The van der Waals surface area contributed by atoms with Crippen LogP contribution in [0.5, 0.6) is 0 Å². The van der Waals surface area contributed by atoms with Gasteiger partial charge in [-0.3, -0.25) is 9.36 Å². The lowest BCUT2D eigenvalue weighted by molar-refractivity contribution is 0.266. The van der Waals surface area contributed by atoms with Gasteiger partial charge in [0, 0.05) is 54.1 Å². The summed E-state index contributed by atoms with van der Waals surface area (Å²) < 4.78 is 3.94. The van der Waals surface area contributed by atoms with E-state index in [1.54, 1.807) is 4.68 Å². The maximum Gasteiger partial charge on any atom is 0.159 e. The van der Waals surface area contributed by atoms with Crippen molar-refractivity contribution in [3.05, 3.63) is 61.4 Å². The Morgan fingerprint density at radius 2 is 1.60 bits per heavy atom. The van der Waals surface area contributed by atoms with E-state index in [4.69, 9.17) is 0 Å². The van der Waals surface area contributed by atoms with Crippen LogP contribution >= 0.6 is 0 Å². The van der Waals surface area contributed by atoms with Crippen molar-refractivity contribution >= 4 is 0 Å². The normalized spacial score (nSPS) is 19.1. The van der Waals surface area contributed by atoms with Crippen molar-refractivity contribution in [2.24, 2.45) is 13.0 Å². The zero-order valence-electron chi connectivity index (χ0n) is 17.4. The number of aromatic nitrogens is 6. The Kier molecular flexibility index (Phi) is 4.91. The molecule has 0 N–H and O–H groups in total. The zero-order chi connectivity index (χ0) is 20.5. The van der Waals surface area contributed by atoms with Crippen molar-refractivity contribution in [3.63, 3.8) is 0 Å². The molecule has 6 heteroatoms. The fourth-order valence-electron chi connectivity index (χ4n) is 4.36. The molecule has 6 nitrogen and oxygen atoms in total. The lowest BCUT2D eigenvalue weighted by Gasteiger charge is -2.26. The van der Waals surface area contributed by atoms with E-state index >= 15 is 0 Å². The first-order valence-corrected chi connectivity index (χ1v) is 10.6. The highest BCUT2D eigenvalue weighted by atomic mass is 15.3. The van der Waals surface area contributed by atoms with Crippen LogP contribution in [-0.2, 0) is 7.05 Å². The van der Waals surface area contributed by atoms with E-state index in [1.165, 1.54) is 25.7 Å². The van der Waals surface area contributed by atoms with Gasteiger partial charge in [-0.15, -0.1) is 0 Å². The maximum atomic E-state index is 4.63. The fraction of sp³-hybridized carbons (Fsp3) is 0.333. The van der Waals surface area contributed by atoms with Gasteiger partial charge in [0.2, 0.25) is 0 Å². The van der Waals surface area contributed by atoms with E-state index in [0.717, 1.165) is 39.6 Å². The third-order valence-corrected chi connectivity index (χ3v) is 6.03. The Morgan fingerprint density at radius 3 is 2.37 bits per heavy atom. The van der Waals surface area contributed by atoms with E-state index in [2.05, 4.69) is 50.1 Å². The van der Waals surface area contributed by atoms with Crippen LogP contribution < -0.4 is 0 Å². The third kappa shape index (κ3) is 3.77. The summed E-state index contributed by atoms with van der Waals surface area (Å²) in [4.78, 5) is 9.26. The molecule has 1 aromatic carbocycles. The van der Waals surface area contributed by atoms with Crippen LogP contribution in [0.4, 0.5) is 0 Å². The zero-order valence-corrected chi connectivity index (χ0v) is 17.4. The molecular weight excluding hydrogens is 372 g/mol. The molecule has 0 amide bonds. The van der Waals surface area contributed by atoms with Crippen molar-refractivity contribution in [2.75, 3.05) is 0 Å². The first kappa shape index (κ1) is 18.7. The molecule has 152 valence electrons. The Hall–Kier alpha value is -3.28. The number of hydrogen-bond donors (Lipinski definition) is 0. The van der Waals surface area contributed by atoms with Crippen LogP contribution in [0.1, 0.15) is 38.6 Å². The van der Waals surface area contributed by atoms with Gasteiger partial charge in [-0.2, -0.15) is 10.2 Å². The largest absolute Gasteiger partial charge is 0.275 e. The second kappa shape index (κ2) is 7.86. The lowest BCUT2D eigenvalue weighted by Crippen LogP contribution is -2.17. The number of hydrogen-bond acceptors (Lipinski definition) is 4. The van der Waals surface area contributed by atoms with Crippen LogP contribution in [0, 0.1) is 5.92 Å². The van der Waals surface area contributed by atoms with Crippen LogP contribution in [-0.4, -0.2) is 29.5 Å². The summed E-state index contributed by atoms with van der Waals surface area (Å²) in [6, 6.07) is 8.77. The molecule has 0 saturated heterocycles. The van der Waals surface area contributed by atoms with Crippen LogP contribution in [0.25, 0.3) is 33.6 Å². The summed E-state index contributed by atoms with van der Waals surface area (Å²) in [5, 5.41) is 8.89. The Balaban J connectivity index is 1.36. The Morgan fingerprint density at radius 1 is 0.833 bits per heavy atom. The molecule has 2 atom stereocenters. The fourth-order valence-corrected chi connectivity index (χ4v) is 4.36. The predicted molar refractivity (Wildman–Crippen MR) is 118 cm³/mol. The van der Waals surface area contributed by atoms with E-state index < -0.39 is 0 Å². The number of aryl methyl sites for hydroxylation is 1. The van der Waals surface area contributed by atoms with Gasteiger partial charge in [-0.05, 0) is 30.4 Å². The van der Waals surface area contributed by atoms with Gasteiger partial charge in [0.15, 0.2) is 5.82 Å². The average molecular weight is 399 g/mol. The number of benzene rings is 1. The molecule has 0 spiro atoms. The molecule has 0 radical (unpaired) electrons. The molecule has 1 fully saturated rings. The molecule has 3 heterocycles. The Bertz CT molecular complexity index is 1140. The molecular formula is C24H26N6. The molecule has 1 saturated carbocycles. The van der Waals surface area contributed by atoms with Crippen molar-refractivity contribution in [1.29, 1.82) is 0 Å². The predicted octanol–water partition coefficient (Wildman–Crippen LogP) is 5.16. The van der Waals surface area contributed by atoms with Gasteiger partial charge in [0.25, 0.3) is 0 Å². The summed E-state index contributed by atoms with van der Waals surface area (Å²) in [5.74, 6) is 1.50. The first-order valence-electron chi connectivity index (χ1n) is 10.6. The highest BCUT2D eigenvalue weighted by Crippen LogP contribution is 2.33. The molecule has 1 aliphatic rings. The summed E-state index contributed by atoms with van der Waals surface area (Å²) in [7, 11) is 1.92. The minimum Gasteiger partial charge on any atom is -0.275 e. The molecule has 5 rings (SSSR count). The van der Waals surface area contributed by atoms with Crippen molar-refractivity contribution in [3.8, 4) is 33.6 Å². The molecule has 1 aliphatic carbocycles. The van der Waals surface area contributed by atoms with Crippen molar-refractivity contribution < 1.29 is 0 Å². The van der Waals surface area contributed by atoms with Crippen LogP contribution in [0.15, 0.2) is 61.4 Å². The van der Waals surface area contributed by atoms with E-state index in [1.807, 2.05) is 50.2 Å². The molecule has 1 unspecified atom stereocenters. The van der Waals surface area contributed by atoms with E-state index in [-0.39, 0.29) is 0 Å². The second-order valence-corrected chi connectivity index (χ2v) is 8.41. The van der Waals surface area contributed by atoms with Gasteiger partial charge < -0.3 is 0 Å². The maximum absolute atomic E-state index is 4.63. The topological polar surface area (TPSA) is 61.4 Å².